The van der Waals surface area contributed by atoms with Crippen LogP contribution in [0.4, 0.5) is 4.79 Å². The van der Waals surface area contributed by atoms with E-state index in [9.17, 15) is 14.4 Å². The lowest BCUT2D eigenvalue weighted by Crippen LogP contribution is -2.45. The molecule has 25 heavy (non-hydrogen) atoms. The van der Waals surface area contributed by atoms with Crippen molar-refractivity contribution in [3.05, 3.63) is 23.8 Å². The maximum atomic E-state index is 12.2. The first-order valence-corrected chi connectivity index (χ1v) is 8.03. The molecule has 2 N–H and O–H groups in total. The molecule has 0 aromatic heterocycles. The minimum Gasteiger partial charge on any atom is -0.496 e. The topological polar surface area (TPSA) is 103 Å². The summed E-state index contributed by atoms with van der Waals surface area (Å²) in [4.78, 5) is 35.7. The number of nitrogens with one attached hydrogen (secondary N) is 2. The van der Waals surface area contributed by atoms with Crippen LogP contribution < -0.4 is 20.1 Å². The van der Waals surface area contributed by atoms with Crippen LogP contribution in [0.5, 0.6) is 11.5 Å². The molecular weight excluding hydrogens is 328 g/mol. The number of imide groups is 1. The number of carbonyl (C=O) groups is 3. The summed E-state index contributed by atoms with van der Waals surface area (Å²) in [5.41, 5.74) is 0.0794. The number of amides is 3. The molecule has 2 rings (SSSR count). The van der Waals surface area contributed by atoms with Crippen LogP contribution >= 0.6 is 0 Å². The Bertz CT molecular complexity index is 618. The average molecular weight is 350 g/mol. The highest BCUT2D eigenvalue weighted by molar-refractivity contribution is 5.99. The van der Waals surface area contributed by atoms with Gasteiger partial charge < -0.3 is 19.5 Å². The van der Waals surface area contributed by atoms with E-state index >= 15 is 0 Å². The van der Waals surface area contributed by atoms with Crippen LogP contribution in [0.15, 0.2) is 18.2 Å². The number of ether oxygens (including phenoxy) is 3. The molecule has 1 aliphatic rings. The largest absolute Gasteiger partial charge is 0.496 e. The summed E-state index contributed by atoms with van der Waals surface area (Å²) in [6, 6.07) is 4.33. The van der Waals surface area contributed by atoms with E-state index in [1.165, 1.54) is 14.2 Å². The molecular formula is C17H22N2O6. The molecule has 1 aliphatic carbocycles. The Hall–Kier alpha value is -2.77. The van der Waals surface area contributed by atoms with Gasteiger partial charge in [0, 0.05) is 6.04 Å². The van der Waals surface area contributed by atoms with Gasteiger partial charge in [-0.25, -0.2) is 9.59 Å². The summed E-state index contributed by atoms with van der Waals surface area (Å²) in [6.07, 6.45) is 3.95. The van der Waals surface area contributed by atoms with Gasteiger partial charge in [0.2, 0.25) is 0 Å². The van der Waals surface area contributed by atoms with Crippen molar-refractivity contribution in [3.8, 4) is 11.5 Å². The van der Waals surface area contributed by atoms with Crippen molar-refractivity contribution in [1.82, 2.24) is 10.6 Å². The molecule has 136 valence electrons. The molecule has 0 bridgehead atoms. The number of urea groups is 1. The third-order valence-corrected chi connectivity index (χ3v) is 3.91. The molecule has 0 atom stereocenters. The third-order valence-electron chi connectivity index (χ3n) is 3.91. The van der Waals surface area contributed by atoms with E-state index in [2.05, 4.69) is 10.6 Å². The second kappa shape index (κ2) is 8.91. The van der Waals surface area contributed by atoms with Gasteiger partial charge in [-0.1, -0.05) is 18.9 Å². The fraction of sp³-hybridized carbons (Fsp3) is 0.471. The van der Waals surface area contributed by atoms with Gasteiger partial charge in [-0.3, -0.25) is 10.1 Å². The molecule has 1 aromatic carbocycles. The van der Waals surface area contributed by atoms with Gasteiger partial charge in [-0.2, -0.15) is 0 Å². The summed E-state index contributed by atoms with van der Waals surface area (Å²) in [7, 11) is 2.82. The number of rotatable bonds is 6. The maximum Gasteiger partial charge on any atom is 0.346 e. The zero-order valence-electron chi connectivity index (χ0n) is 14.3. The van der Waals surface area contributed by atoms with Crippen LogP contribution in [0.2, 0.25) is 0 Å². The van der Waals surface area contributed by atoms with Crippen LogP contribution in [0.3, 0.4) is 0 Å². The highest BCUT2D eigenvalue weighted by atomic mass is 16.5. The normalized spacial score (nSPS) is 13.8. The standard InChI is InChI=1S/C17H22N2O6/c1-23-12-8-5-9-13(24-2)15(12)16(21)25-10-14(20)19-17(22)18-11-6-3-4-7-11/h5,8-9,11H,3-4,6-7,10H2,1-2H3,(H2,18,19,20,22). The second-order valence-corrected chi connectivity index (χ2v) is 5.62. The Labute approximate surface area is 145 Å². The highest BCUT2D eigenvalue weighted by Gasteiger charge is 2.22. The van der Waals surface area contributed by atoms with Crippen LogP contribution in [0.1, 0.15) is 36.0 Å². The van der Waals surface area contributed by atoms with Crippen LogP contribution in [0.25, 0.3) is 0 Å². The minimum atomic E-state index is -0.777. The van der Waals surface area contributed by atoms with Crippen molar-refractivity contribution >= 4 is 17.9 Å². The maximum absolute atomic E-state index is 12.2. The molecule has 0 unspecified atom stereocenters. The zero-order chi connectivity index (χ0) is 18.2. The Kier molecular flexibility index (Phi) is 6.62. The lowest BCUT2D eigenvalue weighted by Gasteiger charge is -2.13. The Morgan fingerprint density at radius 1 is 1.08 bits per heavy atom. The lowest BCUT2D eigenvalue weighted by molar-refractivity contribution is -0.123. The Morgan fingerprint density at radius 2 is 1.68 bits per heavy atom. The molecule has 0 saturated heterocycles. The molecule has 8 heteroatoms. The van der Waals surface area contributed by atoms with E-state index in [1.54, 1.807) is 18.2 Å². The second-order valence-electron chi connectivity index (χ2n) is 5.62. The highest BCUT2D eigenvalue weighted by Crippen LogP contribution is 2.28. The van der Waals surface area contributed by atoms with Gasteiger partial charge in [0.15, 0.2) is 6.61 Å². The Morgan fingerprint density at radius 3 is 2.24 bits per heavy atom. The first-order chi connectivity index (χ1) is 12.0. The fourth-order valence-corrected chi connectivity index (χ4v) is 2.71. The summed E-state index contributed by atoms with van der Waals surface area (Å²) in [5, 5.41) is 4.86. The van der Waals surface area contributed by atoms with Gasteiger partial charge in [-0.15, -0.1) is 0 Å². The predicted octanol–water partition coefficient (Wildman–Crippen LogP) is 1.63. The van der Waals surface area contributed by atoms with E-state index in [4.69, 9.17) is 14.2 Å². The van der Waals surface area contributed by atoms with E-state index in [0.717, 1.165) is 25.7 Å². The summed E-state index contributed by atoms with van der Waals surface area (Å²) < 4.78 is 15.2. The number of methoxy groups -OCH3 is 2. The van der Waals surface area contributed by atoms with Crippen molar-refractivity contribution in [2.24, 2.45) is 0 Å². The summed E-state index contributed by atoms with van der Waals surface area (Å²) in [5.74, 6) is -0.953. The third kappa shape index (κ3) is 5.10. The molecule has 8 nitrogen and oxygen atoms in total. The molecule has 1 fully saturated rings. The van der Waals surface area contributed by atoms with Crippen molar-refractivity contribution in [2.45, 2.75) is 31.7 Å². The van der Waals surface area contributed by atoms with Crippen molar-refractivity contribution in [1.29, 1.82) is 0 Å². The quantitative estimate of drug-likeness (QED) is 0.756. The molecule has 0 radical (unpaired) electrons. The first kappa shape index (κ1) is 18.6. The van der Waals surface area contributed by atoms with Gasteiger partial charge in [0.25, 0.3) is 5.91 Å². The monoisotopic (exact) mass is 350 g/mol. The van der Waals surface area contributed by atoms with Gasteiger partial charge in [0.1, 0.15) is 17.1 Å². The molecule has 1 aromatic rings. The van der Waals surface area contributed by atoms with Gasteiger partial charge in [-0.05, 0) is 25.0 Å². The summed E-state index contributed by atoms with van der Waals surface area (Å²) in [6.45, 7) is -0.585. The number of hydrogen-bond donors (Lipinski definition) is 2. The lowest BCUT2D eigenvalue weighted by atomic mass is 10.2. The SMILES string of the molecule is COc1cccc(OC)c1C(=O)OCC(=O)NC(=O)NC1CCCC1. The predicted molar refractivity (Wildman–Crippen MR) is 88.8 cm³/mol. The minimum absolute atomic E-state index is 0.0794. The van der Waals surface area contributed by atoms with Crippen LogP contribution in [-0.4, -0.2) is 44.8 Å². The van der Waals surface area contributed by atoms with E-state index < -0.39 is 24.5 Å². The van der Waals surface area contributed by atoms with Gasteiger partial charge in [0.05, 0.1) is 14.2 Å². The number of carbonyl (C=O) groups excluding carboxylic acids is 3. The average Bonchev–Trinajstić information content (AvgIpc) is 3.11. The number of benzene rings is 1. The van der Waals surface area contributed by atoms with E-state index in [0.29, 0.717) is 0 Å². The van der Waals surface area contributed by atoms with Crippen molar-refractivity contribution < 1.29 is 28.6 Å². The van der Waals surface area contributed by atoms with E-state index in [1.807, 2.05) is 0 Å². The molecule has 0 spiro atoms. The number of esters is 1. The summed E-state index contributed by atoms with van der Waals surface area (Å²) >= 11 is 0. The van der Waals surface area contributed by atoms with Crippen LogP contribution in [0, 0.1) is 0 Å². The van der Waals surface area contributed by atoms with E-state index in [-0.39, 0.29) is 23.1 Å². The molecule has 0 heterocycles. The first-order valence-electron chi connectivity index (χ1n) is 8.03. The Balaban J connectivity index is 1.87. The molecule has 0 aliphatic heterocycles. The smallest absolute Gasteiger partial charge is 0.346 e. The van der Waals surface area contributed by atoms with Crippen molar-refractivity contribution in [3.63, 3.8) is 0 Å². The zero-order valence-corrected chi connectivity index (χ0v) is 14.3. The van der Waals surface area contributed by atoms with Crippen LogP contribution in [-0.2, 0) is 9.53 Å². The van der Waals surface area contributed by atoms with Crippen molar-refractivity contribution in [2.75, 3.05) is 20.8 Å². The fourth-order valence-electron chi connectivity index (χ4n) is 2.71. The number of hydrogen-bond acceptors (Lipinski definition) is 6. The van der Waals surface area contributed by atoms with Gasteiger partial charge >= 0.3 is 12.0 Å². The molecule has 1 saturated carbocycles. The molecule has 3 amide bonds.